The summed E-state index contributed by atoms with van der Waals surface area (Å²) < 4.78 is 34.3. The van der Waals surface area contributed by atoms with Crippen LogP contribution in [0, 0.1) is 0 Å². The third kappa shape index (κ3) is 3.54. The Morgan fingerprint density at radius 2 is 1.76 bits per heavy atom. The lowest BCUT2D eigenvalue weighted by atomic mass is 9.89. The van der Waals surface area contributed by atoms with Gasteiger partial charge >= 0.3 is 0 Å². The van der Waals surface area contributed by atoms with E-state index in [0.29, 0.717) is 35.4 Å². The molecule has 0 spiro atoms. The molecule has 0 aromatic heterocycles. The zero-order valence-electron chi connectivity index (χ0n) is 18.1. The van der Waals surface area contributed by atoms with Crippen LogP contribution in [0.4, 0.5) is 0 Å². The molecule has 178 valence electrons. The fourth-order valence-corrected chi connectivity index (χ4v) is 4.58. The molecule has 2 aromatic carbocycles. The highest BCUT2D eigenvalue weighted by Crippen LogP contribution is 2.56. The summed E-state index contributed by atoms with van der Waals surface area (Å²) in [6, 6.07) is 8.93. The summed E-state index contributed by atoms with van der Waals surface area (Å²) in [6.07, 6.45) is -7.09. The maximum atomic E-state index is 10.2. The summed E-state index contributed by atoms with van der Waals surface area (Å²) in [6.45, 7) is -0.156. The van der Waals surface area contributed by atoms with Crippen LogP contribution in [0.3, 0.4) is 0 Å². The van der Waals surface area contributed by atoms with Gasteiger partial charge in [-0.1, -0.05) is 6.07 Å². The van der Waals surface area contributed by atoms with Gasteiger partial charge in [0.2, 0.25) is 12.0 Å². The number of rotatable bonds is 5. The molecule has 3 aliphatic heterocycles. The average molecular weight is 462 g/mol. The minimum absolute atomic E-state index is 0.0236. The van der Waals surface area contributed by atoms with E-state index in [1.54, 1.807) is 32.4 Å². The fourth-order valence-electron chi connectivity index (χ4n) is 4.58. The lowest BCUT2D eigenvalue weighted by molar-refractivity contribution is -0.277. The molecule has 3 aliphatic rings. The van der Waals surface area contributed by atoms with Crippen molar-refractivity contribution < 1.29 is 48.8 Å². The number of ether oxygens (including phenoxy) is 6. The van der Waals surface area contributed by atoms with Crippen LogP contribution in [-0.4, -0.2) is 78.6 Å². The van der Waals surface area contributed by atoms with Gasteiger partial charge in [-0.15, -0.1) is 0 Å². The maximum absolute atomic E-state index is 10.2. The van der Waals surface area contributed by atoms with E-state index in [0.717, 1.165) is 11.1 Å². The van der Waals surface area contributed by atoms with Crippen LogP contribution >= 0.6 is 0 Å². The van der Waals surface area contributed by atoms with Crippen molar-refractivity contribution >= 4 is 0 Å². The van der Waals surface area contributed by atoms with Gasteiger partial charge in [0.05, 0.1) is 33.4 Å². The number of methoxy groups -OCH3 is 2. The van der Waals surface area contributed by atoms with E-state index < -0.39 is 37.3 Å². The topological polar surface area (TPSA) is 136 Å². The number of fused-ring (bicyclic) bond motifs is 5. The molecule has 3 heterocycles. The number of aliphatic hydroxyl groups is 4. The van der Waals surface area contributed by atoms with Crippen molar-refractivity contribution in [1.82, 2.24) is 0 Å². The van der Waals surface area contributed by atoms with E-state index in [4.69, 9.17) is 28.4 Å². The highest BCUT2D eigenvalue weighted by molar-refractivity contribution is 5.61. The molecule has 1 fully saturated rings. The zero-order valence-corrected chi connectivity index (χ0v) is 18.1. The highest BCUT2D eigenvalue weighted by atomic mass is 16.7. The largest absolute Gasteiger partial charge is 0.493 e. The van der Waals surface area contributed by atoms with Gasteiger partial charge in [0.25, 0.3) is 0 Å². The lowest BCUT2D eigenvalue weighted by Gasteiger charge is -2.39. The molecular weight excluding hydrogens is 436 g/mol. The number of hydrogen-bond acceptors (Lipinski definition) is 10. The first-order valence-electron chi connectivity index (χ1n) is 10.6. The van der Waals surface area contributed by atoms with Gasteiger partial charge in [-0.25, -0.2) is 0 Å². The molecule has 0 unspecified atom stereocenters. The van der Waals surface area contributed by atoms with Gasteiger partial charge in [0.1, 0.15) is 42.0 Å². The number of hydrogen-bond donors (Lipinski definition) is 4. The monoisotopic (exact) mass is 462 g/mol. The molecule has 10 nitrogen and oxygen atoms in total. The molecule has 0 aliphatic carbocycles. The van der Waals surface area contributed by atoms with Crippen LogP contribution < -0.4 is 23.7 Å². The van der Waals surface area contributed by atoms with Crippen molar-refractivity contribution in [2.24, 2.45) is 0 Å². The normalized spacial score (nSPS) is 32.0. The first kappa shape index (κ1) is 22.1. The molecule has 5 rings (SSSR count). The Labute approximate surface area is 189 Å². The van der Waals surface area contributed by atoms with Crippen molar-refractivity contribution in [2.75, 3.05) is 27.4 Å². The Morgan fingerprint density at radius 1 is 0.970 bits per heavy atom. The molecule has 1 saturated heterocycles. The summed E-state index contributed by atoms with van der Waals surface area (Å²) >= 11 is 0. The zero-order chi connectivity index (χ0) is 23.3. The van der Waals surface area contributed by atoms with Gasteiger partial charge in [0.15, 0.2) is 11.5 Å². The van der Waals surface area contributed by atoms with Crippen molar-refractivity contribution in [2.45, 2.75) is 42.7 Å². The Morgan fingerprint density at radius 3 is 2.48 bits per heavy atom. The third-order valence-corrected chi connectivity index (χ3v) is 6.35. The standard InChI is InChI=1S/C23H26O10/c1-28-14-6-5-11-13-9-30-15-7-10(3-4-12(15)20(13)33-21(11)22(14)29-2)31-23-19(27)18(26)17(25)16(8-24)32-23/h3-7,13,16-20,23-27H,8-9H2,1-2H3/t13-,16-,17-,18+,19-,20-,23-/m0/s1. The molecule has 4 N–H and O–H groups in total. The average Bonchev–Trinajstić information content (AvgIpc) is 3.22. The molecular formula is C23H26O10. The van der Waals surface area contributed by atoms with E-state index in [-0.39, 0.29) is 12.0 Å². The summed E-state index contributed by atoms with van der Waals surface area (Å²) in [5.74, 6) is 2.60. The number of aliphatic hydroxyl groups excluding tert-OH is 4. The lowest BCUT2D eigenvalue weighted by Crippen LogP contribution is -2.60. The SMILES string of the molecule is COc1ccc2c(c1OC)O[C@H]1c3ccc(O[C@H]4O[C@@H](CO)[C@H](O)[C@@H](O)[C@@H]4O)cc3OC[C@@H]21. The van der Waals surface area contributed by atoms with Gasteiger partial charge in [-0.05, 0) is 18.2 Å². The van der Waals surface area contributed by atoms with E-state index in [1.165, 1.54) is 0 Å². The quantitative estimate of drug-likeness (QED) is 0.497. The van der Waals surface area contributed by atoms with Crippen LogP contribution in [0.5, 0.6) is 28.7 Å². The van der Waals surface area contributed by atoms with Gasteiger partial charge < -0.3 is 48.8 Å². The van der Waals surface area contributed by atoms with E-state index in [9.17, 15) is 20.4 Å². The maximum Gasteiger partial charge on any atom is 0.229 e. The van der Waals surface area contributed by atoms with E-state index in [2.05, 4.69) is 0 Å². The van der Waals surface area contributed by atoms with Crippen LogP contribution in [0.15, 0.2) is 30.3 Å². The molecule has 33 heavy (non-hydrogen) atoms. The smallest absolute Gasteiger partial charge is 0.229 e. The van der Waals surface area contributed by atoms with Crippen LogP contribution in [-0.2, 0) is 4.74 Å². The third-order valence-electron chi connectivity index (χ3n) is 6.35. The Hall–Kier alpha value is -2.76. The van der Waals surface area contributed by atoms with Crippen molar-refractivity contribution in [3.05, 3.63) is 41.5 Å². The van der Waals surface area contributed by atoms with Crippen molar-refractivity contribution in [3.63, 3.8) is 0 Å². The summed E-state index contributed by atoms with van der Waals surface area (Å²) in [4.78, 5) is 0. The van der Waals surface area contributed by atoms with Crippen LogP contribution in [0.25, 0.3) is 0 Å². The Balaban J connectivity index is 1.38. The van der Waals surface area contributed by atoms with Gasteiger partial charge in [0, 0.05) is 17.2 Å². The minimum atomic E-state index is -1.52. The van der Waals surface area contributed by atoms with Crippen LogP contribution in [0.1, 0.15) is 23.1 Å². The summed E-state index contributed by atoms with van der Waals surface area (Å²) in [7, 11) is 3.14. The van der Waals surface area contributed by atoms with E-state index in [1.807, 2.05) is 12.1 Å². The molecule has 0 amide bonds. The Kier molecular flexibility index (Phi) is 5.71. The molecule has 0 bridgehead atoms. The molecule has 7 atom stereocenters. The second-order valence-electron chi connectivity index (χ2n) is 8.19. The molecule has 0 saturated carbocycles. The predicted molar refractivity (Wildman–Crippen MR) is 112 cm³/mol. The molecule has 0 radical (unpaired) electrons. The van der Waals surface area contributed by atoms with Crippen molar-refractivity contribution in [3.8, 4) is 28.7 Å². The molecule has 2 aromatic rings. The second kappa shape index (κ2) is 8.54. The second-order valence-corrected chi connectivity index (χ2v) is 8.19. The Bertz CT molecular complexity index is 1020. The fraction of sp³-hybridized carbons (Fsp3) is 0.478. The minimum Gasteiger partial charge on any atom is -0.493 e. The van der Waals surface area contributed by atoms with E-state index >= 15 is 0 Å². The first-order chi connectivity index (χ1) is 16.0. The molecule has 10 heteroatoms. The van der Waals surface area contributed by atoms with Crippen LogP contribution in [0.2, 0.25) is 0 Å². The van der Waals surface area contributed by atoms with Gasteiger partial charge in [-0.2, -0.15) is 0 Å². The van der Waals surface area contributed by atoms with Gasteiger partial charge in [-0.3, -0.25) is 0 Å². The van der Waals surface area contributed by atoms with Crippen molar-refractivity contribution in [1.29, 1.82) is 0 Å². The summed E-state index contributed by atoms with van der Waals surface area (Å²) in [5.41, 5.74) is 1.80. The summed E-state index contributed by atoms with van der Waals surface area (Å²) in [5, 5.41) is 39.5. The highest BCUT2D eigenvalue weighted by Gasteiger charge is 2.46. The first-order valence-corrected chi connectivity index (χ1v) is 10.6. The number of benzene rings is 2. The predicted octanol–water partition coefficient (Wildman–Crippen LogP) is 0.492.